The molecule has 17 nitrogen and oxygen atoms in total. The topological polar surface area (TPSA) is 204 Å². The zero-order valence-electron chi connectivity index (χ0n) is 37.0. The molecule has 332 valence electrons. The number of benzene rings is 2. The number of carbonyl (C=O) groups is 5. The number of likely N-dealkylation sites (tertiary alicyclic amines) is 1. The number of amides is 5. The van der Waals surface area contributed by atoms with Crippen molar-refractivity contribution < 1.29 is 38.2 Å². The summed E-state index contributed by atoms with van der Waals surface area (Å²) in [7, 11) is 2.52. The molecular weight excluding hydrogens is 795 g/mol. The molecule has 17 heteroatoms. The van der Waals surface area contributed by atoms with E-state index in [2.05, 4.69) is 25.6 Å². The molecule has 2 aromatic carbocycles. The Morgan fingerprint density at radius 2 is 1.10 bits per heavy atom. The van der Waals surface area contributed by atoms with Crippen LogP contribution in [-0.4, -0.2) is 116 Å². The minimum Gasteiger partial charge on any atom is -0.453 e. The molecule has 4 N–H and O–H groups in total. The number of aromatic nitrogens is 4. The number of rotatable bonds is 11. The van der Waals surface area contributed by atoms with Crippen molar-refractivity contribution in [3.63, 3.8) is 0 Å². The van der Waals surface area contributed by atoms with Gasteiger partial charge in [-0.3, -0.25) is 14.5 Å². The van der Waals surface area contributed by atoms with Gasteiger partial charge in [-0.1, -0.05) is 76.2 Å². The summed E-state index contributed by atoms with van der Waals surface area (Å²) in [6.45, 7) is 13.7. The highest BCUT2D eigenvalue weighted by atomic mass is 16.6. The van der Waals surface area contributed by atoms with Crippen molar-refractivity contribution in [2.24, 2.45) is 11.8 Å². The largest absolute Gasteiger partial charge is 0.453 e. The lowest BCUT2D eigenvalue weighted by molar-refractivity contribution is -0.142. The van der Waals surface area contributed by atoms with E-state index in [1.807, 2.05) is 76.2 Å². The van der Waals surface area contributed by atoms with E-state index in [4.69, 9.17) is 19.2 Å². The lowest BCUT2D eigenvalue weighted by Crippen LogP contribution is -2.58. The summed E-state index contributed by atoms with van der Waals surface area (Å²) in [5.41, 5.74) is 4.74. The van der Waals surface area contributed by atoms with E-state index in [9.17, 15) is 24.0 Å². The van der Waals surface area contributed by atoms with Crippen molar-refractivity contribution in [3.05, 3.63) is 72.6 Å². The summed E-state index contributed by atoms with van der Waals surface area (Å²) in [5, 5.41) is 5.35. The Morgan fingerprint density at radius 1 is 0.661 bits per heavy atom. The van der Waals surface area contributed by atoms with Gasteiger partial charge < -0.3 is 44.6 Å². The molecule has 0 unspecified atom stereocenters. The molecule has 5 amide bonds. The van der Waals surface area contributed by atoms with Gasteiger partial charge in [-0.05, 0) is 74.1 Å². The molecule has 0 aliphatic carbocycles. The zero-order chi connectivity index (χ0) is 44.9. The molecule has 2 aliphatic rings. The van der Waals surface area contributed by atoms with Gasteiger partial charge in [-0.25, -0.2) is 24.4 Å². The smallest absolute Gasteiger partial charge is 0.411 e. The van der Waals surface area contributed by atoms with Gasteiger partial charge in [0.2, 0.25) is 11.8 Å². The average molecular weight is 854 g/mol. The first-order chi connectivity index (χ1) is 29.5. The minimum atomic E-state index is -0.904. The van der Waals surface area contributed by atoms with E-state index in [1.54, 1.807) is 43.0 Å². The summed E-state index contributed by atoms with van der Waals surface area (Å²) in [6, 6.07) is 13.9. The molecular formula is C45H59N9O8. The highest BCUT2D eigenvalue weighted by Gasteiger charge is 2.41. The number of nitrogens with one attached hydrogen (secondary N) is 4. The molecule has 0 spiro atoms. The number of aromatic amines is 2. The Hall–Kier alpha value is -6.39. The third-order valence-electron chi connectivity index (χ3n) is 11.2. The number of methoxy groups -OCH3 is 2. The van der Waals surface area contributed by atoms with Crippen molar-refractivity contribution >= 4 is 30.1 Å². The molecule has 62 heavy (non-hydrogen) atoms. The first-order valence-corrected chi connectivity index (χ1v) is 21.1. The third-order valence-corrected chi connectivity index (χ3v) is 11.2. The van der Waals surface area contributed by atoms with Crippen LogP contribution in [0.25, 0.3) is 33.6 Å². The monoisotopic (exact) mass is 853 g/mol. The van der Waals surface area contributed by atoms with Crippen molar-refractivity contribution in [2.75, 3.05) is 34.0 Å². The van der Waals surface area contributed by atoms with Crippen LogP contribution in [0.1, 0.15) is 91.5 Å². The Kier molecular flexibility index (Phi) is 13.9. The van der Waals surface area contributed by atoms with Crippen LogP contribution >= 0.6 is 0 Å². The standard InChI is InChI=1S/C45H59N9O8/c1-26(2)36(50-42(57)60-8)40(55)53-21-10-11-34(53)38-46-23-32(48-38)30-16-12-28(13-17-30)29-14-18-31(19-15-29)33-24-47-39(49-33)35-20-22-52(44(59)62-45(5,6)7)25-54(35)41(56)37(27(3)4)51-43(58)61-9/h12-19,23-24,26-27,34-37H,10-11,20-22,25H2,1-9H3,(H,46,48)(H,47,49)(H,50,57)(H,51,58)/t34-,35-,36-,37-/m0/s1. The number of imidazole rings is 2. The fourth-order valence-corrected chi connectivity index (χ4v) is 7.83. The van der Waals surface area contributed by atoms with Crippen molar-refractivity contribution in [2.45, 2.75) is 97.5 Å². The maximum atomic E-state index is 14.1. The molecule has 0 saturated carbocycles. The summed E-state index contributed by atoms with van der Waals surface area (Å²) >= 11 is 0. The fraction of sp³-hybridized carbons (Fsp3) is 0.489. The number of H-pyrrole nitrogens is 2. The van der Waals surface area contributed by atoms with Crippen LogP contribution in [0.4, 0.5) is 14.4 Å². The van der Waals surface area contributed by atoms with Gasteiger partial charge in [0, 0.05) is 13.1 Å². The van der Waals surface area contributed by atoms with Crippen molar-refractivity contribution in [3.8, 4) is 33.6 Å². The number of hydrogen-bond donors (Lipinski definition) is 4. The van der Waals surface area contributed by atoms with Gasteiger partial charge in [-0.2, -0.15) is 0 Å². The molecule has 2 fully saturated rings. The normalized spacial score (nSPS) is 17.8. The molecule has 2 aliphatic heterocycles. The first kappa shape index (κ1) is 45.1. The van der Waals surface area contributed by atoms with Gasteiger partial charge in [0.1, 0.15) is 29.3 Å². The molecule has 0 radical (unpaired) electrons. The average Bonchev–Trinajstić information content (AvgIpc) is 4.05. The van der Waals surface area contributed by atoms with Crippen LogP contribution in [0.5, 0.6) is 0 Å². The maximum Gasteiger partial charge on any atom is 0.411 e. The Bertz CT molecular complexity index is 2210. The van der Waals surface area contributed by atoms with Crippen LogP contribution in [0.15, 0.2) is 60.9 Å². The lowest BCUT2D eigenvalue weighted by atomic mass is 10.00. The number of carbonyl (C=O) groups excluding carboxylic acids is 5. The zero-order valence-corrected chi connectivity index (χ0v) is 37.0. The molecule has 6 rings (SSSR count). The molecule has 4 aromatic rings. The fourth-order valence-electron chi connectivity index (χ4n) is 7.83. The summed E-state index contributed by atoms with van der Waals surface area (Å²) in [5.74, 6) is 0.342. The van der Waals surface area contributed by atoms with Crippen LogP contribution < -0.4 is 10.6 Å². The summed E-state index contributed by atoms with van der Waals surface area (Å²) in [4.78, 5) is 86.1. The second-order valence-electron chi connectivity index (χ2n) is 17.4. The molecule has 2 saturated heterocycles. The molecule has 0 bridgehead atoms. The Morgan fingerprint density at radius 3 is 1.53 bits per heavy atom. The van der Waals surface area contributed by atoms with Gasteiger partial charge in [0.15, 0.2) is 0 Å². The van der Waals surface area contributed by atoms with Crippen molar-refractivity contribution in [1.82, 2.24) is 45.3 Å². The van der Waals surface area contributed by atoms with E-state index in [0.29, 0.717) is 31.2 Å². The molecule has 4 heterocycles. The van der Waals surface area contributed by atoms with Gasteiger partial charge in [0.05, 0.1) is 56.8 Å². The summed E-state index contributed by atoms with van der Waals surface area (Å²) < 4.78 is 15.2. The highest BCUT2D eigenvalue weighted by Crippen LogP contribution is 2.35. The van der Waals surface area contributed by atoms with E-state index in [0.717, 1.165) is 46.5 Å². The third kappa shape index (κ3) is 10.4. The predicted molar refractivity (Wildman–Crippen MR) is 231 cm³/mol. The van der Waals surface area contributed by atoms with Crippen LogP contribution in [0.3, 0.4) is 0 Å². The van der Waals surface area contributed by atoms with E-state index >= 15 is 0 Å². The SMILES string of the molecule is COC(=O)N[C@H](C(=O)N1CCC[C@H]1c1ncc(-c2ccc(-c3ccc(-c4cnc([C@@H]5CCN(C(=O)OC(C)(C)C)CN5C(=O)[C@@H](NC(=O)OC)C(C)C)[nH]4)cc3)cc2)[nH]1)C(C)C. The van der Waals surface area contributed by atoms with E-state index < -0.39 is 42.0 Å². The maximum absolute atomic E-state index is 14.1. The van der Waals surface area contributed by atoms with Gasteiger partial charge >= 0.3 is 18.3 Å². The summed E-state index contributed by atoms with van der Waals surface area (Å²) in [6.07, 6.45) is 3.61. The first-order valence-electron chi connectivity index (χ1n) is 21.1. The Labute approximate surface area is 362 Å². The van der Waals surface area contributed by atoms with Crippen LogP contribution in [0, 0.1) is 11.8 Å². The van der Waals surface area contributed by atoms with Gasteiger partial charge in [-0.15, -0.1) is 0 Å². The van der Waals surface area contributed by atoms with Crippen molar-refractivity contribution in [1.29, 1.82) is 0 Å². The van der Waals surface area contributed by atoms with Crippen LogP contribution in [0.2, 0.25) is 0 Å². The Balaban J connectivity index is 1.15. The van der Waals surface area contributed by atoms with Gasteiger partial charge in [0.25, 0.3) is 0 Å². The molecule has 4 atom stereocenters. The number of ether oxygens (including phenoxy) is 3. The second-order valence-corrected chi connectivity index (χ2v) is 17.4. The highest BCUT2D eigenvalue weighted by molar-refractivity contribution is 5.87. The number of hydrogen-bond acceptors (Lipinski definition) is 10. The second kappa shape index (κ2) is 19.1. The predicted octanol–water partition coefficient (Wildman–Crippen LogP) is 7.03. The van der Waals surface area contributed by atoms with E-state index in [1.165, 1.54) is 19.1 Å². The minimum absolute atomic E-state index is 0.0494. The number of alkyl carbamates (subject to hydrolysis) is 2. The van der Waals surface area contributed by atoms with Crippen LogP contribution in [-0.2, 0) is 23.8 Å². The number of nitrogens with zero attached hydrogens (tertiary/aromatic N) is 5. The molecule has 2 aromatic heterocycles. The lowest BCUT2D eigenvalue weighted by Gasteiger charge is -2.42. The quantitative estimate of drug-likeness (QED) is 0.114. The van der Waals surface area contributed by atoms with E-state index in [-0.39, 0.29) is 36.4 Å².